The molecule has 10 rings (SSSR count). The van der Waals surface area contributed by atoms with Gasteiger partial charge in [-0.2, -0.15) is 0 Å². The molecule has 1 nitrogen and oxygen atoms in total. The van der Waals surface area contributed by atoms with Crippen LogP contribution in [-0.4, -0.2) is 0 Å². The van der Waals surface area contributed by atoms with E-state index in [9.17, 15) is 0 Å². The molecule has 0 saturated heterocycles. The molecule has 0 aliphatic heterocycles. The molecule has 0 fully saturated rings. The Balaban J connectivity index is 1.14. The first kappa shape index (κ1) is 27.2. The van der Waals surface area contributed by atoms with E-state index in [2.05, 4.69) is 181 Å². The molecule has 224 valence electrons. The molecular formula is C46H29NS. The zero-order valence-corrected chi connectivity index (χ0v) is 26.9. The molecule has 0 bridgehead atoms. The minimum atomic E-state index is 1.14. The van der Waals surface area contributed by atoms with Gasteiger partial charge < -0.3 is 4.90 Å². The third kappa shape index (κ3) is 4.17. The van der Waals surface area contributed by atoms with E-state index >= 15 is 0 Å². The van der Waals surface area contributed by atoms with E-state index in [1.54, 1.807) is 0 Å². The monoisotopic (exact) mass is 627 g/mol. The first-order valence-electron chi connectivity index (χ1n) is 16.4. The van der Waals surface area contributed by atoms with Gasteiger partial charge in [0.05, 0.1) is 10.4 Å². The van der Waals surface area contributed by atoms with E-state index in [4.69, 9.17) is 0 Å². The maximum Gasteiger partial charge on any atom is 0.0640 e. The van der Waals surface area contributed by atoms with E-state index in [0.29, 0.717) is 0 Å². The van der Waals surface area contributed by atoms with Crippen LogP contribution in [-0.2, 0) is 0 Å². The molecule has 0 atom stereocenters. The van der Waals surface area contributed by atoms with Gasteiger partial charge in [0.2, 0.25) is 0 Å². The Morgan fingerprint density at radius 2 is 0.917 bits per heavy atom. The summed E-state index contributed by atoms with van der Waals surface area (Å²) in [5, 5.41) is 12.9. The summed E-state index contributed by atoms with van der Waals surface area (Å²) >= 11 is 1.90. The highest BCUT2D eigenvalue weighted by molar-refractivity contribution is 7.27. The van der Waals surface area contributed by atoms with Gasteiger partial charge >= 0.3 is 0 Å². The molecule has 0 aliphatic carbocycles. The quantitative estimate of drug-likeness (QED) is 0.176. The lowest BCUT2D eigenvalue weighted by Crippen LogP contribution is -2.09. The van der Waals surface area contributed by atoms with Crippen LogP contribution in [0.3, 0.4) is 0 Å². The van der Waals surface area contributed by atoms with E-state index in [1.807, 2.05) is 11.3 Å². The summed E-state index contributed by atoms with van der Waals surface area (Å²) in [5.41, 5.74) is 5.93. The summed E-state index contributed by atoms with van der Waals surface area (Å²) < 4.78 is 2.64. The zero-order chi connectivity index (χ0) is 31.6. The second-order valence-corrected chi connectivity index (χ2v) is 13.5. The maximum atomic E-state index is 2.41. The van der Waals surface area contributed by atoms with E-state index in [1.165, 1.54) is 80.1 Å². The smallest absolute Gasteiger partial charge is 0.0640 e. The SMILES string of the molecule is c1ccc(N(c2ccc(-c3cccc4c3ccc3ccc5ccccc5c34)cc2)c2cccc3c2sc2c4ccccc4ccc32)cc1. The molecule has 0 amide bonds. The fourth-order valence-corrected chi connectivity index (χ4v) is 8.94. The van der Waals surface area contributed by atoms with Gasteiger partial charge in [-0.1, -0.05) is 146 Å². The molecule has 0 radical (unpaired) electrons. The van der Waals surface area contributed by atoms with Crippen molar-refractivity contribution in [1.29, 1.82) is 0 Å². The highest BCUT2D eigenvalue weighted by Gasteiger charge is 2.19. The van der Waals surface area contributed by atoms with Crippen molar-refractivity contribution in [3.05, 3.63) is 176 Å². The first-order chi connectivity index (χ1) is 23.8. The Bertz CT molecular complexity index is 2830. The van der Waals surface area contributed by atoms with E-state index in [-0.39, 0.29) is 0 Å². The van der Waals surface area contributed by atoms with Crippen LogP contribution in [0.5, 0.6) is 0 Å². The van der Waals surface area contributed by atoms with Gasteiger partial charge in [-0.3, -0.25) is 0 Å². The minimum Gasteiger partial charge on any atom is -0.309 e. The van der Waals surface area contributed by atoms with E-state index in [0.717, 1.165) is 11.4 Å². The van der Waals surface area contributed by atoms with Crippen LogP contribution in [0.2, 0.25) is 0 Å². The molecular weight excluding hydrogens is 599 g/mol. The molecule has 48 heavy (non-hydrogen) atoms. The van der Waals surface area contributed by atoms with Crippen LogP contribution >= 0.6 is 11.3 Å². The second-order valence-electron chi connectivity index (χ2n) is 12.5. The van der Waals surface area contributed by atoms with Gasteiger partial charge in [0.15, 0.2) is 0 Å². The number of hydrogen-bond donors (Lipinski definition) is 0. The van der Waals surface area contributed by atoms with Gasteiger partial charge in [0, 0.05) is 26.8 Å². The topological polar surface area (TPSA) is 3.24 Å². The highest BCUT2D eigenvalue weighted by atomic mass is 32.1. The van der Waals surface area contributed by atoms with Crippen molar-refractivity contribution in [1.82, 2.24) is 0 Å². The van der Waals surface area contributed by atoms with Crippen molar-refractivity contribution >= 4 is 91.7 Å². The number of nitrogens with zero attached hydrogens (tertiary/aromatic N) is 1. The van der Waals surface area contributed by atoms with Crippen LogP contribution in [0, 0.1) is 0 Å². The van der Waals surface area contributed by atoms with Crippen LogP contribution in [0.25, 0.3) is 74.4 Å². The molecule has 0 spiro atoms. The Hall–Kier alpha value is -5.96. The summed E-state index contributed by atoms with van der Waals surface area (Å²) in [6.45, 7) is 0. The molecule has 1 aromatic heterocycles. The Morgan fingerprint density at radius 3 is 1.77 bits per heavy atom. The van der Waals surface area contributed by atoms with Crippen molar-refractivity contribution in [3.63, 3.8) is 0 Å². The number of fused-ring (bicyclic) bond motifs is 10. The van der Waals surface area contributed by atoms with E-state index < -0.39 is 0 Å². The number of para-hydroxylation sites is 1. The maximum absolute atomic E-state index is 2.41. The summed E-state index contributed by atoms with van der Waals surface area (Å²) in [4.78, 5) is 2.41. The number of rotatable bonds is 4. The summed E-state index contributed by atoms with van der Waals surface area (Å²) in [6, 6.07) is 64.3. The lowest BCUT2D eigenvalue weighted by atomic mass is 9.92. The molecule has 0 N–H and O–H groups in total. The molecule has 2 heteroatoms. The third-order valence-electron chi connectivity index (χ3n) is 9.83. The summed E-state index contributed by atoms with van der Waals surface area (Å²) in [5.74, 6) is 0. The standard InChI is InChI=1S/C46H29NS/c1-2-12-34(13-3-1)47(43-19-9-18-41-42-29-24-31-11-5-7-15-38(31)45(42)48-46(41)43)35-26-22-32(23-27-35)36-16-8-17-40-39(36)28-25-33-21-20-30-10-4-6-14-37(30)44(33)40/h1-29H. The minimum absolute atomic E-state index is 1.14. The largest absolute Gasteiger partial charge is 0.309 e. The van der Waals surface area contributed by atoms with Gasteiger partial charge in [0.1, 0.15) is 0 Å². The molecule has 10 aromatic rings. The average Bonchev–Trinajstić information content (AvgIpc) is 3.55. The zero-order valence-electron chi connectivity index (χ0n) is 26.1. The molecule has 0 saturated carbocycles. The highest BCUT2D eigenvalue weighted by Crippen LogP contribution is 2.46. The fraction of sp³-hybridized carbons (Fsp3) is 0. The van der Waals surface area contributed by atoms with Crippen molar-refractivity contribution in [2.24, 2.45) is 0 Å². The Kier molecular flexibility index (Phi) is 6.12. The van der Waals surface area contributed by atoms with Gasteiger partial charge in [0.25, 0.3) is 0 Å². The van der Waals surface area contributed by atoms with Crippen LogP contribution in [0.15, 0.2) is 176 Å². The number of thiophene rings is 1. The van der Waals surface area contributed by atoms with Crippen LogP contribution in [0.1, 0.15) is 0 Å². The van der Waals surface area contributed by atoms with Crippen molar-refractivity contribution < 1.29 is 0 Å². The lowest BCUT2D eigenvalue weighted by molar-refractivity contribution is 1.30. The first-order valence-corrected chi connectivity index (χ1v) is 17.3. The Labute approximate surface area is 282 Å². The number of hydrogen-bond acceptors (Lipinski definition) is 2. The average molecular weight is 628 g/mol. The third-order valence-corrected chi connectivity index (χ3v) is 11.1. The normalized spacial score (nSPS) is 11.8. The van der Waals surface area contributed by atoms with Gasteiger partial charge in [-0.15, -0.1) is 11.3 Å². The van der Waals surface area contributed by atoms with Crippen molar-refractivity contribution in [3.8, 4) is 11.1 Å². The van der Waals surface area contributed by atoms with Crippen molar-refractivity contribution in [2.45, 2.75) is 0 Å². The predicted octanol–water partition coefficient (Wildman–Crippen LogP) is 13.8. The molecule has 0 aliphatic rings. The van der Waals surface area contributed by atoms with Crippen LogP contribution < -0.4 is 4.90 Å². The fourth-order valence-electron chi connectivity index (χ4n) is 7.60. The molecule has 0 unspecified atom stereocenters. The van der Waals surface area contributed by atoms with Crippen molar-refractivity contribution in [2.75, 3.05) is 4.90 Å². The lowest BCUT2D eigenvalue weighted by Gasteiger charge is -2.26. The summed E-state index contributed by atoms with van der Waals surface area (Å²) in [7, 11) is 0. The second kappa shape index (κ2) is 10.8. The molecule has 9 aromatic carbocycles. The molecule has 1 heterocycles. The van der Waals surface area contributed by atoms with Gasteiger partial charge in [-0.25, -0.2) is 0 Å². The number of benzene rings is 9. The van der Waals surface area contributed by atoms with Crippen LogP contribution in [0.4, 0.5) is 17.1 Å². The summed E-state index contributed by atoms with van der Waals surface area (Å²) in [6.07, 6.45) is 0. The number of anilines is 3. The van der Waals surface area contributed by atoms with Gasteiger partial charge in [-0.05, 0) is 84.5 Å². The Morgan fingerprint density at radius 1 is 0.333 bits per heavy atom. The predicted molar refractivity (Wildman–Crippen MR) is 209 cm³/mol.